The number of nitrogens with zero attached hydrogens (tertiary/aromatic N) is 3. The van der Waals surface area contributed by atoms with Gasteiger partial charge in [0, 0.05) is 11.5 Å². The molecule has 1 N–H and O–H groups in total. The van der Waals surface area contributed by atoms with Gasteiger partial charge < -0.3 is 14.6 Å². The summed E-state index contributed by atoms with van der Waals surface area (Å²) in [5.41, 5.74) is 2.84. The van der Waals surface area contributed by atoms with Crippen molar-refractivity contribution in [1.29, 1.82) is 0 Å². The number of aryl methyl sites for hydroxylation is 1. The van der Waals surface area contributed by atoms with Gasteiger partial charge in [0.2, 0.25) is 17.6 Å². The number of nitrogens with one attached hydrogen (secondary N) is 1. The van der Waals surface area contributed by atoms with Crippen LogP contribution in [0.3, 0.4) is 0 Å². The maximum Gasteiger partial charge on any atom is 0.241 e. The number of amides is 1. The standard InChI is InChI=1S/C24H28N4O3/c1-3-30-21-10-5-4-9-20(21)25-24(29)18-11-13-28(14-12-18)16-22-26-23(27-31-22)19-8-6-7-17(2)15-19/h4-10,15,18H,3,11-14,16H2,1-2H3,(H,25,29). The van der Waals surface area contributed by atoms with Gasteiger partial charge in [-0.25, -0.2) is 0 Å². The zero-order valence-corrected chi connectivity index (χ0v) is 18.0. The number of rotatable bonds is 7. The molecule has 2 heterocycles. The van der Waals surface area contributed by atoms with E-state index in [1.165, 1.54) is 0 Å². The molecule has 0 bridgehead atoms. The van der Waals surface area contributed by atoms with E-state index < -0.39 is 0 Å². The molecule has 0 atom stereocenters. The fourth-order valence-corrected chi connectivity index (χ4v) is 3.85. The first-order valence-electron chi connectivity index (χ1n) is 10.8. The third kappa shape index (κ3) is 5.30. The number of aromatic nitrogens is 2. The van der Waals surface area contributed by atoms with Crippen LogP contribution in [0.2, 0.25) is 0 Å². The van der Waals surface area contributed by atoms with Gasteiger partial charge in [-0.05, 0) is 58.0 Å². The average Bonchev–Trinajstić information content (AvgIpc) is 3.24. The van der Waals surface area contributed by atoms with Gasteiger partial charge in [-0.1, -0.05) is 41.1 Å². The van der Waals surface area contributed by atoms with Crippen LogP contribution >= 0.6 is 0 Å². The van der Waals surface area contributed by atoms with Crippen LogP contribution in [0.4, 0.5) is 5.69 Å². The zero-order valence-electron chi connectivity index (χ0n) is 18.0. The van der Waals surface area contributed by atoms with Gasteiger partial charge in [0.1, 0.15) is 5.75 Å². The lowest BCUT2D eigenvalue weighted by molar-refractivity contribution is -0.121. The van der Waals surface area contributed by atoms with Crippen molar-refractivity contribution in [2.45, 2.75) is 33.2 Å². The molecule has 0 unspecified atom stereocenters. The maximum atomic E-state index is 12.8. The van der Waals surface area contributed by atoms with Crippen molar-refractivity contribution in [2.24, 2.45) is 5.92 Å². The van der Waals surface area contributed by atoms with Crippen LogP contribution in [0, 0.1) is 12.8 Å². The van der Waals surface area contributed by atoms with E-state index in [9.17, 15) is 4.79 Å². The molecule has 0 aliphatic carbocycles. The Morgan fingerprint density at radius 1 is 1.19 bits per heavy atom. The fourth-order valence-electron chi connectivity index (χ4n) is 3.85. The predicted molar refractivity (Wildman–Crippen MR) is 119 cm³/mol. The average molecular weight is 421 g/mol. The summed E-state index contributed by atoms with van der Waals surface area (Å²) in [6.45, 7) is 6.76. The fraction of sp³-hybridized carbons (Fsp3) is 0.375. The Hall–Kier alpha value is -3.19. The van der Waals surface area contributed by atoms with Crippen LogP contribution in [0.1, 0.15) is 31.2 Å². The number of benzene rings is 2. The summed E-state index contributed by atoms with van der Waals surface area (Å²) in [6.07, 6.45) is 1.59. The minimum Gasteiger partial charge on any atom is -0.492 e. The molecule has 1 aliphatic heterocycles. The van der Waals surface area contributed by atoms with Crippen LogP contribution in [0.5, 0.6) is 5.75 Å². The topological polar surface area (TPSA) is 80.5 Å². The van der Waals surface area contributed by atoms with Crippen LogP contribution < -0.4 is 10.1 Å². The minimum absolute atomic E-state index is 0.0172. The molecule has 31 heavy (non-hydrogen) atoms. The molecule has 1 aliphatic rings. The van der Waals surface area contributed by atoms with E-state index in [1.54, 1.807) is 0 Å². The zero-order chi connectivity index (χ0) is 21.6. The maximum absolute atomic E-state index is 12.8. The van der Waals surface area contributed by atoms with Gasteiger partial charge in [-0.15, -0.1) is 0 Å². The van der Waals surface area contributed by atoms with Gasteiger partial charge in [0.25, 0.3) is 0 Å². The van der Waals surface area contributed by atoms with E-state index >= 15 is 0 Å². The van der Waals surface area contributed by atoms with E-state index in [2.05, 4.69) is 20.4 Å². The summed E-state index contributed by atoms with van der Waals surface area (Å²) in [4.78, 5) is 19.5. The molecule has 162 valence electrons. The Morgan fingerprint density at radius 2 is 2.00 bits per heavy atom. The monoisotopic (exact) mass is 420 g/mol. The number of piperidine rings is 1. The highest BCUT2D eigenvalue weighted by Gasteiger charge is 2.26. The lowest BCUT2D eigenvalue weighted by Crippen LogP contribution is -2.37. The highest BCUT2D eigenvalue weighted by atomic mass is 16.5. The molecular formula is C24H28N4O3. The first kappa shape index (κ1) is 21.1. The second-order valence-corrected chi connectivity index (χ2v) is 7.85. The van der Waals surface area contributed by atoms with Gasteiger partial charge in [-0.3, -0.25) is 9.69 Å². The Bertz CT molecular complexity index is 1020. The Labute approximate surface area is 182 Å². The van der Waals surface area contributed by atoms with Crippen LogP contribution in [-0.2, 0) is 11.3 Å². The van der Waals surface area contributed by atoms with E-state index in [4.69, 9.17) is 9.26 Å². The Balaban J connectivity index is 1.30. The molecule has 1 fully saturated rings. The number of ether oxygens (including phenoxy) is 1. The van der Waals surface area contributed by atoms with E-state index in [1.807, 2.05) is 62.4 Å². The van der Waals surface area contributed by atoms with Gasteiger partial charge in [-0.2, -0.15) is 4.98 Å². The van der Waals surface area contributed by atoms with Crippen molar-refractivity contribution in [3.05, 3.63) is 60.0 Å². The normalized spacial score (nSPS) is 15.0. The third-order valence-corrected chi connectivity index (χ3v) is 5.51. The quantitative estimate of drug-likeness (QED) is 0.614. The molecule has 7 nitrogen and oxygen atoms in total. The van der Waals surface area contributed by atoms with E-state index in [0.717, 1.165) is 42.7 Å². The van der Waals surface area contributed by atoms with Gasteiger partial charge >= 0.3 is 0 Å². The highest BCUT2D eigenvalue weighted by Crippen LogP contribution is 2.26. The molecule has 1 aromatic heterocycles. The Morgan fingerprint density at radius 3 is 2.77 bits per heavy atom. The number of hydrogen-bond acceptors (Lipinski definition) is 6. The van der Waals surface area contributed by atoms with Gasteiger partial charge in [0.15, 0.2) is 0 Å². The summed E-state index contributed by atoms with van der Waals surface area (Å²) in [7, 11) is 0. The molecule has 1 amide bonds. The molecular weight excluding hydrogens is 392 g/mol. The van der Waals surface area contributed by atoms with Crippen molar-refractivity contribution in [3.8, 4) is 17.1 Å². The summed E-state index contributed by atoms with van der Waals surface area (Å²) >= 11 is 0. The van der Waals surface area contributed by atoms with Crippen molar-refractivity contribution in [1.82, 2.24) is 15.0 Å². The predicted octanol–water partition coefficient (Wildman–Crippen LogP) is 4.29. The van der Waals surface area contributed by atoms with Crippen LogP contribution in [0.25, 0.3) is 11.4 Å². The molecule has 3 aromatic rings. The number of para-hydroxylation sites is 2. The van der Waals surface area contributed by atoms with Crippen LogP contribution in [-0.4, -0.2) is 40.6 Å². The molecule has 4 rings (SSSR count). The van der Waals surface area contributed by atoms with Crippen molar-refractivity contribution < 1.29 is 14.1 Å². The molecule has 1 saturated heterocycles. The SMILES string of the molecule is CCOc1ccccc1NC(=O)C1CCN(Cc2nc(-c3cccc(C)c3)no2)CC1. The second kappa shape index (κ2) is 9.75. The third-order valence-electron chi connectivity index (χ3n) is 5.51. The molecule has 0 radical (unpaired) electrons. The second-order valence-electron chi connectivity index (χ2n) is 7.85. The smallest absolute Gasteiger partial charge is 0.241 e. The van der Waals surface area contributed by atoms with E-state index in [-0.39, 0.29) is 11.8 Å². The largest absolute Gasteiger partial charge is 0.492 e. The Kier molecular flexibility index (Phi) is 6.62. The minimum atomic E-state index is -0.0172. The van der Waals surface area contributed by atoms with E-state index in [0.29, 0.717) is 30.6 Å². The molecule has 7 heteroatoms. The lowest BCUT2D eigenvalue weighted by Gasteiger charge is -2.30. The number of likely N-dealkylation sites (tertiary alicyclic amines) is 1. The number of carbonyl (C=O) groups excluding carboxylic acids is 1. The highest BCUT2D eigenvalue weighted by molar-refractivity contribution is 5.94. The van der Waals surface area contributed by atoms with Crippen molar-refractivity contribution in [2.75, 3.05) is 25.0 Å². The summed E-state index contributed by atoms with van der Waals surface area (Å²) < 4.78 is 11.1. The van der Waals surface area contributed by atoms with Crippen LogP contribution in [0.15, 0.2) is 53.1 Å². The number of carbonyl (C=O) groups is 1. The first-order chi connectivity index (χ1) is 15.1. The summed E-state index contributed by atoms with van der Waals surface area (Å²) in [6, 6.07) is 15.6. The van der Waals surface area contributed by atoms with Crippen molar-refractivity contribution >= 4 is 11.6 Å². The molecule has 0 saturated carbocycles. The van der Waals surface area contributed by atoms with Gasteiger partial charge in [0.05, 0.1) is 18.8 Å². The lowest BCUT2D eigenvalue weighted by atomic mass is 9.96. The summed E-state index contributed by atoms with van der Waals surface area (Å²) in [5.74, 6) is 1.95. The molecule has 2 aromatic carbocycles. The first-order valence-corrected chi connectivity index (χ1v) is 10.8. The number of hydrogen-bond donors (Lipinski definition) is 1. The van der Waals surface area contributed by atoms with Crippen molar-refractivity contribution in [3.63, 3.8) is 0 Å². The molecule has 0 spiro atoms. The summed E-state index contributed by atoms with van der Waals surface area (Å²) in [5, 5.41) is 7.15. The number of anilines is 1.